The van der Waals surface area contributed by atoms with Crippen LogP contribution in [-0.2, 0) is 32.1 Å². The van der Waals surface area contributed by atoms with Crippen molar-refractivity contribution in [1.82, 2.24) is 10.6 Å². The van der Waals surface area contributed by atoms with Gasteiger partial charge in [-0.25, -0.2) is 4.79 Å². The molecule has 1 fully saturated rings. The Morgan fingerprint density at radius 1 is 1.16 bits per heavy atom. The highest BCUT2D eigenvalue weighted by molar-refractivity contribution is 6.05. The van der Waals surface area contributed by atoms with E-state index in [1.165, 1.54) is 0 Å². The molecule has 3 amide bonds. The van der Waals surface area contributed by atoms with Crippen molar-refractivity contribution >= 4 is 23.7 Å². The van der Waals surface area contributed by atoms with Gasteiger partial charge >= 0.3 is 12.0 Å². The Labute approximate surface area is 181 Å². The number of hydrogen-bond donors (Lipinski definition) is 4. The van der Waals surface area contributed by atoms with Gasteiger partial charge in [-0.15, -0.1) is 0 Å². The largest absolute Gasteiger partial charge is 0.465 e. The summed E-state index contributed by atoms with van der Waals surface area (Å²) >= 11 is 0. The van der Waals surface area contributed by atoms with Crippen molar-refractivity contribution in [3.05, 3.63) is 35.4 Å². The van der Waals surface area contributed by atoms with Gasteiger partial charge in [-0.3, -0.25) is 14.4 Å². The van der Waals surface area contributed by atoms with Crippen LogP contribution < -0.4 is 16.4 Å². The van der Waals surface area contributed by atoms with Crippen LogP contribution in [0.15, 0.2) is 24.3 Å². The quantitative estimate of drug-likeness (QED) is 0.219. The highest BCUT2D eigenvalue weighted by atomic mass is 16.5. The van der Waals surface area contributed by atoms with Crippen LogP contribution in [0.1, 0.15) is 50.2 Å². The molecule has 9 nitrogen and oxygen atoms in total. The molecule has 9 heteroatoms. The summed E-state index contributed by atoms with van der Waals surface area (Å²) in [5.74, 6) is -1.25. The molecule has 1 aliphatic rings. The number of carbonyl (C=O) groups is 4. The van der Waals surface area contributed by atoms with E-state index in [1.807, 2.05) is 0 Å². The first-order valence-corrected chi connectivity index (χ1v) is 10.5. The van der Waals surface area contributed by atoms with Crippen LogP contribution in [0.3, 0.4) is 0 Å². The molecule has 1 aromatic rings. The summed E-state index contributed by atoms with van der Waals surface area (Å²) in [6.07, 6.45) is 2.33. The number of primary amides is 1. The number of ether oxygens (including phenoxy) is 1. The SMILES string of the molecule is CCOC(=O)C1(C(=O)NC(CCCNC(N)=O)C(=O)Cc2ccc(CO)cc2)CCC1. The van der Waals surface area contributed by atoms with Gasteiger partial charge in [-0.05, 0) is 43.7 Å². The fraction of sp³-hybridized carbons (Fsp3) is 0.545. The van der Waals surface area contributed by atoms with Crippen LogP contribution in [0.4, 0.5) is 4.79 Å². The topological polar surface area (TPSA) is 148 Å². The van der Waals surface area contributed by atoms with E-state index in [2.05, 4.69) is 10.6 Å². The van der Waals surface area contributed by atoms with E-state index < -0.39 is 29.4 Å². The lowest BCUT2D eigenvalue weighted by atomic mass is 9.68. The van der Waals surface area contributed by atoms with Gasteiger partial charge in [-0.1, -0.05) is 30.7 Å². The van der Waals surface area contributed by atoms with Gasteiger partial charge in [0, 0.05) is 13.0 Å². The Hall–Kier alpha value is -2.94. The first kappa shape index (κ1) is 24.3. The maximum absolute atomic E-state index is 13.0. The Balaban J connectivity index is 2.08. The van der Waals surface area contributed by atoms with Crippen LogP contribution in [0.25, 0.3) is 0 Å². The van der Waals surface area contributed by atoms with Crippen LogP contribution in [-0.4, -0.2) is 48.0 Å². The van der Waals surface area contributed by atoms with Crippen molar-refractivity contribution in [2.45, 2.75) is 58.1 Å². The summed E-state index contributed by atoms with van der Waals surface area (Å²) in [5.41, 5.74) is 5.32. The molecule has 31 heavy (non-hydrogen) atoms. The lowest BCUT2D eigenvalue weighted by Crippen LogP contribution is -2.55. The number of rotatable bonds is 12. The fourth-order valence-electron chi connectivity index (χ4n) is 3.54. The molecule has 1 saturated carbocycles. The van der Waals surface area contributed by atoms with Crippen LogP contribution in [0, 0.1) is 5.41 Å². The summed E-state index contributed by atoms with van der Waals surface area (Å²) in [5, 5.41) is 14.4. The number of Topliss-reactive ketones (excluding diaryl/α,β-unsaturated/α-hetero) is 1. The third-order valence-corrected chi connectivity index (χ3v) is 5.55. The normalized spacial score (nSPS) is 15.3. The molecular formula is C22H31N3O6. The number of aliphatic hydroxyl groups excluding tert-OH is 1. The third kappa shape index (κ3) is 6.52. The second-order valence-corrected chi connectivity index (χ2v) is 7.73. The number of nitrogens with one attached hydrogen (secondary N) is 2. The van der Waals surface area contributed by atoms with Gasteiger partial charge < -0.3 is 26.2 Å². The first-order valence-electron chi connectivity index (χ1n) is 10.5. The Morgan fingerprint density at radius 2 is 1.81 bits per heavy atom. The average molecular weight is 434 g/mol. The maximum atomic E-state index is 13.0. The van der Waals surface area contributed by atoms with Crippen LogP contribution in [0.2, 0.25) is 0 Å². The zero-order valence-electron chi connectivity index (χ0n) is 17.8. The number of amides is 3. The molecule has 170 valence electrons. The zero-order chi connectivity index (χ0) is 22.9. The Bertz CT molecular complexity index is 789. The molecule has 1 atom stereocenters. The standard InChI is InChI=1S/C22H31N3O6/c1-2-31-20(29)22(10-4-11-22)19(28)25-17(5-3-12-24-21(23)30)18(27)13-15-6-8-16(14-26)9-7-15/h6-9,17,26H,2-5,10-14H2,1H3,(H,25,28)(H3,23,24,30). The highest BCUT2D eigenvalue weighted by Crippen LogP contribution is 2.42. The number of aliphatic hydroxyl groups is 1. The summed E-state index contributed by atoms with van der Waals surface area (Å²) in [4.78, 5) is 49.2. The second-order valence-electron chi connectivity index (χ2n) is 7.73. The first-order chi connectivity index (χ1) is 14.8. The molecule has 2 rings (SSSR count). The molecule has 1 unspecified atom stereocenters. The number of carbonyl (C=O) groups excluding carboxylic acids is 4. The Morgan fingerprint density at radius 3 is 2.32 bits per heavy atom. The molecule has 0 aromatic heterocycles. The van der Waals surface area contributed by atoms with Crippen molar-refractivity contribution in [2.24, 2.45) is 11.1 Å². The minimum absolute atomic E-state index is 0.0876. The maximum Gasteiger partial charge on any atom is 0.321 e. The van der Waals surface area contributed by atoms with Crippen molar-refractivity contribution in [3.8, 4) is 0 Å². The Kier molecular flexibility index (Phi) is 8.99. The summed E-state index contributed by atoms with van der Waals surface area (Å²) in [6.45, 7) is 2.04. The van der Waals surface area contributed by atoms with Crippen molar-refractivity contribution in [1.29, 1.82) is 0 Å². The predicted molar refractivity (Wildman–Crippen MR) is 113 cm³/mol. The fourth-order valence-corrected chi connectivity index (χ4v) is 3.54. The molecule has 0 spiro atoms. The monoisotopic (exact) mass is 433 g/mol. The van der Waals surface area contributed by atoms with Crippen molar-refractivity contribution < 1.29 is 29.0 Å². The van der Waals surface area contributed by atoms with Crippen molar-refractivity contribution in [2.75, 3.05) is 13.2 Å². The predicted octanol–water partition coefficient (Wildman–Crippen LogP) is 0.957. The lowest BCUT2D eigenvalue weighted by Gasteiger charge is -2.38. The van der Waals surface area contributed by atoms with Gasteiger partial charge in [0.05, 0.1) is 19.3 Å². The zero-order valence-corrected chi connectivity index (χ0v) is 17.8. The third-order valence-electron chi connectivity index (χ3n) is 5.55. The molecule has 1 aliphatic carbocycles. The minimum Gasteiger partial charge on any atom is -0.465 e. The number of esters is 1. The van der Waals surface area contributed by atoms with E-state index in [4.69, 9.17) is 15.6 Å². The smallest absolute Gasteiger partial charge is 0.321 e. The number of nitrogens with two attached hydrogens (primary N) is 1. The van der Waals surface area contributed by atoms with Gasteiger partial charge in [0.25, 0.3) is 0 Å². The summed E-state index contributed by atoms with van der Waals surface area (Å²) < 4.78 is 5.09. The van der Waals surface area contributed by atoms with E-state index in [1.54, 1.807) is 31.2 Å². The summed E-state index contributed by atoms with van der Waals surface area (Å²) in [6, 6.07) is 5.50. The molecule has 0 radical (unpaired) electrons. The van der Waals surface area contributed by atoms with Crippen molar-refractivity contribution in [3.63, 3.8) is 0 Å². The van der Waals surface area contributed by atoms with Gasteiger partial charge in [0.2, 0.25) is 5.91 Å². The van der Waals surface area contributed by atoms with E-state index in [-0.39, 0.29) is 32.0 Å². The van der Waals surface area contributed by atoms with Gasteiger partial charge in [0.1, 0.15) is 5.41 Å². The molecule has 0 heterocycles. The lowest BCUT2D eigenvalue weighted by molar-refractivity contribution is -0.167. The van der Waals surface area contributed by atoms with E-state index in [0.29, 0.717) is 25.7 Å². The van der Waals surface area contributed by atoms with Crippen LogP contribution >= 0.6 is 0 Å². The number of urea groups is 1. The number of ketones is 1. The number of benzene rings is 1. The average Bonchev–Trinajstić information content (AvgIpc) is 2.70. The van der Waals surface area contributed by atoms with E-state index in [0.717, 1.165) is 17.5 Å². The van der Waals surface area contributed by atoms with E-state index >= 15 is 0 Å². The molecule has 0 aliphatic heterocycles. The number of hydrogen-bond acceptors (Lipinski definition) is 6. The van der Waals surface area contributed by atoms with E-state index in [9.17, 15) is 19.2 Å². The van der Waals surface area contributed by atoms with Crippen LogP contribution in [0.5, 0.6) is 0 Å². The minimum atomic E-state index is -1.23. The molecule has 0 bridgehead atoms. The summed E-state index contributed by atoms with van der Waals surface area (Å²) in [7, 11) is 0. The molecule has 1 aromatic carbocycles. The van der Waals surface area contributed by atoms with Gasteiger partial charge in [0.15, 0.2) is 5.78 Å². The molecule has 0 saturated heterocycles. The molecular weight excluding hydrogens is 402 g/mol. The van der Waals surface area contributed by atoms with Gasteiger partial charge in [-0.2, -0.15) is 0 Å². The highest BCUT2D eigenvalue weighted by Gasteiger charge is 2.52. The molecule has 5 N–H and O–H groups in total. The second kappa shape index (κ2) is 11.5.